The number of aryl methyl sites for hydroxylation is 1. The van der Waals surface area contributed by atoms with Crippen LogP contribution in [-0.4, -0.2) is 33.1 Å². The number of hydrogen-bond donors (Lipinski definition) is 2. The Balaban J connectivity index is 0.000000757. The quantitative estimate of drug-likeness (QED) is 0.657. The second kappa shape index (κ2) is 10.1. The highest BCUT2D eigenvalue weighted by Crippen LogP contribution is 2.42. The standard InChI is InChI=1S/C21H21N3O2.2C2H6/c1-4-12-9-17(23-16(12)6-3)21(26)24-8-7-14-15-10-13(5-2)22-20(15)19(25)11-18(14)24;2*1-2/h4,6,9-11,14,22-23H,1,3,5,7-8H2,2H3;2*1-2H3. The molecule has 2 aliphatic rings. The van der Waals surface area contributed by atoms with Crippen molar-refractivity contribution >= 4 is 23.8 Å². The molecule has 160 valence electrons. The fraction of sp³-hybridized carbons (Fsp3) is 0.360. The van der Waals surface area contributed by atoms with E-state index in [1.807, 2.05) is 27.7 Å². The molecular weight excluding hydrogens is 374 g/mol. The van der Waals surface area contributed by atoms with Gasteiger partial charge in [-0.15, -0.1) is 0 Å². The summed E-state index contributed by atoms with van der Waals surface area (Å²) in [5.74, 6) is -0.0935. The van der Waals surface area contributed by atoms with Gasteiger partial charge in [0.1, 0.15) is 5.69 Å². The van der Waals surface area contributed by atoms with E-state index in [1.54, 1.807) is 29.2 Å². The summed E-state index contributed by atoms with van der Waals surface area (Å²) in [6.07, 6.45) is 6.64. The van der Waals surface area contributed by atoms with E-state index in [0.29, 0.717) is 17.9 Å². The van der Waals surface area contributed by atoms with Crippen LogP contribution in [0.4, 0.5) is 0 Å². The van der Waals surface area contributed by atoms with Crippen molar-refractivity contribution in [3.8, 4) is 0 Å². The molecule has 0 saturated carbocycles. The number of allylic oxidation sites excluding steroid dienone is 2. The van der Waals surface area contributed by atoms with Crippen molar-refractivity contribution in [2.45, 2.75) is 53.4 Å². The molecule has 0 radical (unpaired) electrons. The van der Waals surface area contributed by atoms with Crippen LogP contribution in [0.3, 0.4) is 0 Å². The maximum atomic E-state index is 13.0. The number of likely N-dealkylation sites (tertiary alicyclic amines) is 1. The van der Waals surface area contributed by atoms with E-state index in [-0.39, 0.29) is 17.6 Å². The fourth-order valence-corrected chi connectivity index (χ4v) is 3.92. The zero-order chi connectivity index (χ0) is 22.4. The van der Waals surface area contributed by atoms with Gasteiger partial charge in [0, 0.05) is 35.6 Å². The van der Waals surface area contributed by atoms with E-state index in [0.717, 1.165) is 41.1 Å². The highest BCUT2D eigenvalue weighted by Gasteiger charge is 2.39. The summed E-state index contributed by atoms with van der Waals surface area (Å²) >= 11 is 0. The Morgan fingerprint density at radius 3 is 2.43 bits per heavy atom. The van der Waals surface area contributed by atoms with Gasteiger partial charge in [-0.05, 0) is 42.2 Å². The summed E-state index contributed by atoms with van der Waals surface area (Å²) in [6, 6.07) is 3.85. The van der Waals surface area contributed by atoms with Crippen LogP contribution in [0.1, 0.15) is 90.4 Å². The first-order chi connectivity index (χ1) is 14.6. The van der Waals surface area contributed by atoms with Gasteiger partial charge in [-0.25, -0.2) is 0 Å². The minimum Gasteiger partial charge on any atom is -0.355 e. The molecule has 5 heteroatoms. The summed E-state index contributed by atoms with van der Waals surface area (Å²) in [7, 11) is 0. The number of carbonyl (C=O) groups is 2. The number of carbonyl (C=O) groups excluding carboxylic acids is 2. The van der Waals surface area contributed by atoms with Gasteiger partial charge >= 0.3 is 0 Å². The Morgan fingerprint density at radius 2 is 1.87 bits per heavy atom. The molecule has 4 rings (SSSR count). The van der Waals surface area contributed by atoms with Crippen LogP contribution in [0.5, 0.6) is 0 Å². The molecule has 1 aliphatic heterocycles. The molecule has 0 aromatic carbocycles. The van der Waals surface area contributed by atoms with E-state index in [9.17, 15) is 9.59 Å². The average molecular weight is 408 g/mol. The first-order valence-electron chi connectivity index (χ1n) is 10.8. The van der Waals surface area contributed by atoms with Gasteiger partial charge in [0.05, 0.1) is 5.69 Å². The third-order valence-electron chi connectivity index (χ3n) is 5.28. The van der Waals surface area contributed by atoms with Crippen molar-refractivity contribution in [1.82, 2.24) is 14.9 Å². The molecule has 1 amide bonds. The first-order valence-corrected chi connectivity index (χ1v) is 10.8. The maximum Gasteiger partial charge on any atom is 0.274 e. The van der Waals surface area contributed by atoms with Crippen molar-refractivity contribution < 1.29 is 9.59 Å². The summed E-state index contributed by atoms with van der Waals surface area (Å²) in [6.45, 7) is 18.2. The van der Waals surface area contributed by atoms with Gasteiger partial charge in [-0.2, -0.15) is 0 Å². The third-order valence-corrected chi connectivity index (χ3v) is 5.28. The predicted octanol–water partition coefficient (Wildman–Crippen LogP) is 5.95. The molecule has 5 nitrogen and oxygen atoms in total. The van der Waals surface area contributed by atoms with Gasteiger partial charge in [0.25, 0.3) is 5.91 Å². The average Bonchev–Trinajstić information content (AvgIpc) is 3.51. The van der Waals surface area contributed by atoms with Crippen LogP contribution in [0.25, 0.3) is 12.2 Å². The van der Waals surface area contributed by atoms with Crippen molar-refractivity contribution in [2.24, 2.45) is 0 Å². The lowest BCUT2D eigenvalue weighted by Crippen LogP contribution is -2.29. The number of nitrogens with one attached hydrogen (secondary N) is 2. The third kappa shape index (κ3) is 3.97. The molecule has 1 atom stereocenters. The Bertz CT molecular complexity index is 949. The number of fused-ring (bicyclic) bond motifs is 3. The van der Waals surface area contributed by atoms with E-state index in [1.165, 1.54) is 0 Å². The van der Waals surface area contributed by atoms with Gasteiger partial charge in [-0.3, -0.25) is 9.59 Å². The number of aromatic nitrogens is 2. The normalized spacial score (nSPS) is 16.3. The summed E-state index contributed by atoms with van der Waals surface area (Å²) < 4.78 is 0. The fourth-order valence-electron chi connectivity index (χ4n) is 3.92. The van der Waals surface area contributed by atoms with Crippen molar-refractivity contribution in [3.63, 3.8) is 0 Å². The molecule has 3 heterocycles. The molecule has 1 fully saturated rings. The maximum absolute atomic E-state index is 13.0. The number of nitrogens with zero attached hydrogens (tertiary/aromatic N) is 1. The molecule has 2 aromatic rings. The Morgan fingerprint density at radius 1 is 1.17 bits per heavy atom. The van der Waals surface area contributed by atoms with Crippen molar-refractivity contribution in [3.05, 3.63) is 71.0 Å². The lowest BCUT2D eigenvalue weighted by Gasteiger charge is -2.23. The van der Waals surface area contributed by atoms with E-state index < -0.39 is 0 Å². The topological polar surface area (TPSA) is 69.0 Å². The second-order valence-electron chi connectivity index (χ2n) is 6.67. The SMILES string of the molecule is C=Cc1cc(C(=O)N2CCC3C2=CC(=O)c2[nH]c(CC)cc23)[nH]c1C=C.CC.CC. The highest BCUT2D eigenvalue weighted by molar-refractivity contribution is 6.07. The van der Waals surface area contributed by atoms with Crippen LogP contribution in [0, 0.1) is 0 Å². The number of ketones is 1. The molecule has 2 N–H and O–H groups in total. The van der Waals surface area contributed by atoms with Crippen molar-refractivity contribution in [2.75, 3.05) is 6.54 Å². The first kappa shape index (κ1) is 23.2. The van der Waals surface area contributed by atoms with Gasteiger partial charge in [0.15, 0.2) is 0 Å². The Hall–Kier alpha value is -3.08. The number of aromatic amines is 2. The molecule has 1 unspecified atom stereocenters. The number of hydrogen-bond acceptors (Lipinski definition) is 2. The van der Waals surface area contributed by atoms with Crippen LogP contribution in [-0.2, 0) is 6.42 Å². The van der Waals surface area contributed by atoms with Crippen molar-refractivity contribution in [1.29, 1.82) is 0 Å². The minimum absolute atomic E-state index is 0.0595. The van der Waals surface area contributed by atoms with Crippen LogP contribution in [0.15, 0.2) is 37.1 Å². The van der Waals surface area contributed by atoms with Gasteiger partial charge < -0.3 is 14.9 Å². The molecule has 1 saturated heterocycles. The lowest BCUT2D eigenvalue weighted by atomic mass is 9.89. The monoisotopic (exact) mass is 407 g/mol. The zero-order valence-corrected chi connectivity index (χ0v) is 18.8. The molecule has 0 bridgehead atoms. The van der Waals surface area contributed by atoms with Gasteiger partial charge in [-0.1, -0.05) is 53.9 Å². The van der Waals surface area contributed by atoms with E-state index in [4.69, 9.17) is 0 Å². The Kier molecular flexibility index (Phi) is 7.81. The molecule has 30 heavy (non-hydrogen) atoms. The van der Waals surface area contributed by atoms with Crippen LogP contribution in [0.2, 0.25) is 0 Å². The predicted molar refractivity (Wildman–Crippen MR) is 125 cm³/mol. The molecule has 0 spiro atoms. The highest BCUT2D eigenvalue weighted by atomic mass is 16.2. The minimum atomic E-state index is -0.127. The van der Waals surface area contributed by atoms with Crippen LogP contribution < -0.4 is 0 Å². The lowest BCUT2D eigenvalue weighted by molar-refractivity contribution is 0.0818. The summed E-state index contributed by atoms with van der Waals surface area (Å²) in [5, 5.41) is 0. The smallest absolute Gasteiger partial charge is 0.274 e. The summed E-state index contributed by atoms with van der Waals surface area (Å²) in [4.78, 5) is 33.6. The Labute approximate surface area is 179 Å². The van der Waals surface area contributed by atoms with Gasteiger partial charge in [0.2, 0.25) is 5.78 Å². The second-order valence-corrected chi connectivity index (χ2v) is 6.67. The molecule has 1 aliphatic carbocycles. The van der Waals surface area contributed by atoms with E-state index >= 15 is 0 Å². The molecular formula is C25H33N3O2. The molecule has 2 aromatic heterocycles. The van der Waals surface area contributed by atoms with Crippen LogP contribution >= 0.6 is 0 Å². The largest absolute Gasteiger partial charge is 0.355 e. The summed E-state index contributed by atoms with van der Waals surface area (Å²) in [5.41, 5.74) is 5.64. The zero-order valence-electron chi connectivity index (χ0n) is 18.8. The number of amides is 1. The number of H-pyrrole nitrogens is 2. The number of rotatable bonds is 4. The van der Waals surface area contributed by atoms with E-state index in [2.05, 4.69) is 36.1 Å².